The van der Waals surface area contributed by atoms with Gasteiger partial charge in [-0.15, -0.1) is 0 Å². The van der Waals surface area contributed by atoms with Crippen LogP contribution in [0.15, 0.2) is 22.6 Å². The molecule has 1 heterocycles. The van der Waals surface area contributed by atoms with Crippen LogP contribution in [0.4, 0.5) is 4.79 Å². The molecule has 1 atom stereocenters. The molecule has 0 saturated heterocycles. The molecule has 0 aliphatic rings. The fourth-order valence-electron chi connectivity index (χ4n) is 2.18. The molecule has 6 nitrogen and oxygen atoms in total. The van der Waals surface area contributed by atoms with Crippen LogP contribution in [0.1, 0.15) is 24.3 Å². The Labute approximate surface area is 110 Å². The van der Waals surface area contributed by atoms with Gasteiger partial charge in [0.1, 0.15) is 17.1 Å². The van der Waals surface area contributed by atoms with Crippen LogP contribution in [0, 0.1) is 6.92 Å². The molecule has 1 aromatic heterocycles. The zero-order valence-corrected chi connectivity index (χ0v) is 11.0. The second-order valence-electron chi connectivity index (χ2n) is 4.29. The number of hydrogen-bond donors (Lipinski definition) is 2. The van der Waals surface area contributed by atoms with Gasteiger partial charge in [-0.2, -0.15) is 5.06 Å². The molecule has 2 amide bonds. The summed E-state index contributed by atoms with van der Waals surface area (Å²) < 4.78 is 10.8. The highest BCUT2D eigenvalue weighted by molar-refractivity contribution is 5.85. The minimum atomic E-state index is -0.913. The number of hydrogen-bond acceptors (Lipinski definition) is 4. The first kappa shape index (κ1) is 13.2. The van der Waals surface area contributed by atoms with Crippen molar-refractivity contribution in [2.45, 2.75) is 19.9 Å². The molecule has 1 aromatic carbocycles. The molecule has 6 heteroatoms. The Morgan fingerprint density at radius 2 is 2.21 bits per heavy atom. The van der Waals surface area contributed by atoms with Crippen LogP contribution in [0.2, 0.25) is 0 Å². The number of ether oxygens (including phenoxy) is 1. The lowest BCUT2D eigenvalue weighted by molar-refractivity contribution is -0.0709. The normalized spacial score (nSPS) is 12.4. The number of methoxy groups -OCH3 is 1. The van der Waals surface area contributed by atoms with Crippen LogP contribution in [0.5, 0.6) is 5.75 Å². The monoisotopic (exact) mass is 264 g/mol. The number of furan rings is 1. The van der Waals surface area contributed by atoms with Crippen molar-refractivity contribution in [1.82, 2.24) is 5.06 Å². The second kappa shape index (κ2) is 4.81. The van der Waals surface area contributed by atoms with E-state index in [9.17, 15) is 10.0 Å². The SMILES string of the molecule is COc1ccc2oc(C)c(C(C)N(O)C(N)=O)c2c1. The fraction of sp³-hybridized carbons (Fsp3) is 0.308. The number of aryl methyl sites for hydroxylation is 1. The highest BCUT2D eigenvalue weighted by Gasteiger charge is 2.24. The standard InChI is InChI=1S/C13H16N2O4/c1-7(15(17)13(14)16)12-8(2)19-11-5-4-9(18-3)6-10(11)12/h4-7,17H,1-3H3,(H2,14,16). The van der Waals surface area contributed by atoms with E-state index in [2.05, 4.69) is 0 Å². The first-order valence-electron chi connectivity index (χ1n) is 5.80. The third-order valence-corrected chi connectivity index (χ3v) is 3.13. The number of primary amides is 1. The predicted octanol–water partition coefficient (Wildman–Crippen LogP) is 2.58. The summed E-state index contributed by atoms with van der Waals surface area (Å²) in [5.74, 6) is 1.29. The number of urea groups is 1. The summed E-state index contributed by atoms with van der Waals surface area (Å²) in [5.41, 5.74) is 6.44. The molecular weight excluding hydrogens is 248 g/mol. The van der Waals surface area contributed by atoms with Gasteiger partial charge in [-0.1, -0.05) is 0 Å². The largest absolute Gasteiger partial charge is 0.497 e. The van der Waals surface area contributed by atoms with Crippen LogP contribution in [0.3, 0.4) is 0 Å². The predicted molar refractivity (Wildman–Crippen MR) is 69.1 cm³/mol. The molecule has 102 valence electrons. The summed E-state index contributed by atoms with van der Waals surface area (Å²) in [5, 5.41) is 10.9. The third-order valence-electron chi connectivity index (χ3n) is 3.13. The maximum Gasteiger partial charge on any atom is 0.339 e. The summed E-state index contributed by atoms with van der Waals surface area (Å²) in [4.78, 5) is 11.0. The molecule has 0 aliphatic heterocycles. The van der Waals surface area contributed by atoms with Crippen LogP contribution in [0.25, 0.3) is 11.0 Å². The number of carbonyl (C=O) groups excluding carboxylic acids is 1. The van der Waals surface area contributed by atoms with E-state index >= 15 is 0 Å². The maximum atomic E-state index is 11.0. The average Bonchev–Trinajstić information content (AvgIpc) is 2.71. The van der Waals surface area contributed by atoms with Crippen molar-refractivity contribution in [3.05, 3.63) is 29.5 Å². The Balaban J connectivity index is 2.58. The van der Waals surface area contributed by atoms with E-state index in [1.165, 1.54) is 0 Å². The number of nitrogens with two attached hydrogens (primary N) is 1. The number of benzene rings is 1. The van der Waals surface area contributed by atoms with E-state index in [-0.39, 0.29) is 0 Å². The molecule has 2 rings (SSSR count). The van der Waals surface area contributed by atoms with Crippen molar-refractivity contribution in [3.63, 3.8) is 0 Å². The van der Waals surface area contributed by atoms with E-state index < -0.39 is 12.1 Å². The summed E-state index contributed by atoms with van der Waals surface area (Å²) in [7, 11) is 1.57. The molecule has 0 aliphatic carbocycles. The van der Waals surface area contributed by atoms with Gasteiger partial charge in [-0.05, 0) is 32.0 Å². The van der Waals surface area contributed by atoms with Crippen molar-refractivity contribution >= 4 is 17.0 Å². The zero-order chi connectivity index (χ0) is 14.2. The van der Waals surface area contributed by atoms with E-state index in [0.717, 1.165) is 5.39 Å². The molecule has 3 N–H and O–H groups in total. The first-order valence-corrected chi connectivity index (χ1v) is 5.80. The van der Waals surface area contributed by atoms with Crippen molar-refractivity contribution in [3.8, 4) is 5.75 Å². The lowest BCUT2D eigenvalue weighted by Gasteiger charge is -2.20. The van der Waals surface area contributed by atoms with Gasteiger partial charge in [0, 0.05) is 10.9 Å². The summed E-state index contributed by atoms with van der Waals surface area (Å²) in [6.07, 6.45) is 0. The highest BCUT2D eigenvalue weighted by Crippen LogP contribution is 2.34. The summed E-state index contributed by atoms with van der Waals surface area (Å²) in [6, 6.07) is 3.84. The van der Waals surface area contributed by atoms with E-state index in [1.54, 1.807) is 39.2 Å². The van der Waals surface area contributed by atoms with E-state index in [1.807, 2.05) is 0 Å². The minimum Gasteiger partial charge on any atom is -0.497 e. The van der Waals surface area contributed by atoms with Crippen LogP contribution in [-0.4, -0.2) is 23.4 Å². The summed E-state index contributed by atoms with van der Waals surface area (Å²) in [6.45, 7) is 3.44. The van der Waals surface area contributed by atoms with Gasteiger partial charge in [0.15, 0.2) is 0 Å². The number of carbonyl (C=O) groups is 1. The van der Waals surface area contributed by atoms with E-state index in [0.29, 0.717) is 27.7 Å². The number of nitrogens with zero attached hydrogens (tertiary/aromatic N) is 1. The second-order valence-corrected chi connectivity index (χ2v) is 4.29. The van der Waals surface area contributed by atoms with Crippen LogP contribution >= 0.6 is 0 Å². The molecule has 0 saturated carbocycles. The number of amides is 2. The van der Waals surface area contributed by atoms with Gasteiger partial charge in [0.05, 0.1) is 13.2 Å². The Bertz CT molecular complexity index is 620. The van der Waals surface area contributed by atoms with Gasteiger partial charge in [-0.25, -0.2) is 4.79 Å². The zero-order valence-electron chi connectivity index (χ0n) is 11.0. The van der Waals surface area contributed by atoms with Crippen molar-refractivity contribution in [2.24, 2.45) is 5.73 Å². The molecule has 0 bridgehead atoms. The van der Waals surface area contributed by atoms with Crippen molar-refractivity contribution in [2.75, 3.05) is 7.11 Å². The number of hydroxylamine groups is 2. The molecule has 0 fully saturated rings. The molecule has 0 radical (unpaired) electrons. The van der Waals surface area contributed by atoms with Gasteiger partial charge >= 0.3 is 6.03 Å². The Morgan fingerprint density at radius 1 is 1.53 bits per heavy atom. The van der Waals surface area contributed by atoms with Crippen molar-refractivity contribution in [1.29, 1.82) is 0 Å². The molecule has 1 unspecified atom stereocenters. The lowest BCUT2D eigenvalue weighted by Crippen LogP contribution is -2.34. The Morgan fingerprint density at radius 3 is 2.79 bits per heavy atom. The van der Waals surface area contributed by atoms with Gasteiger partial charge in [0.25, 0.3) is 0 Å². The first-order chi connectivity index (χ1) is 8.95. The number of fused-ring (bicyclic) bond motifs is 1. The topological polar surface area (TPSA) is 88.9 Å². The molecule has 0 spiro atoms. The van der Waals surface area contributed by atoms with Crippen LogP contribution in [-0.2, 0) is 0 Å². The molecule has 19 heavy (non-hydrogen) atoms. The molecular formula is C13H16N2O4. The Kier molecular flexibility index (Phi) is 3.35. The minimum absolute atomic E-state index is 0.483. The maximum absolute atomic E-state index is 11.0. The quantitative estimate of drug-likeness (QED) is 0.658. The van der Waals surface area contributed by atoms with Gasteiger partial charge in [0.2, 0.25) is 0 Å². The van der Waals surface area contributed by atoms with Crippen LogP contribution < -0.4 is 10.5 Å². The average molecular weight is 264 g/mol. The summed E-state index contributed by atoms with van der Waals surface area (Å²) >= 11 is 0. The van der Waals surface area contributed by atoms with Gasteiger partial charge in [-0.3, -0.25) is 5.21 Å². The highest BCUT2D eigenvalue weighted by atomic mass is 16.5. The van der Waals surface area contributed by atoms with E-state index in [4.69, 9.17) is 14.9 Å². The lowest BCUT2D eigenvalue weighted by atomic mass is 10.0. The third kappa shape index (κ3) is 2.22. The van der Waals surface area contributed by atoms with Crippen molar-refractivity contribution < 1.29 is 19.2 Å². The fourth-order valence-corrected chi connectivity index (χ4v) is 2.18. The number of rotatable bonds is 3. The Hall–Kier alpha value is -2.21. The smallest absolute Gasteiger partial charge is 0.339 e. The molecule has 2 aromatic rings. The van der Waals surface area contributed by atoms with Gasteiger partial charge < -0.3 is 14.9 Å².